The minimum Gasteiger partial charge on any atom is -0.472 e. The Morgan fingerprint density at radius 1 is 1.38 bits per heavy atom. The average Bonchev–Trinajstić information content (AvgIpc) is 2.74. The van der Waals surface area contributed by atoms with Gasteiger partial charge in [0.05, 0.1) is 12.5 Å². The first-order valence-corrected chi connectivity index (χ1v) is 5.14. The normalized spacial score (nSPS) is 10.9. The Bertz CT molecular complexity index is 439. The van der Waals surface area contributed by atoms with Crippen LogP contribution in [0, 0.1) is 0 Å². The summed E-state index contributed by atoms with van der Waals surface area (Å²) in [5, 5.41) is 0. The molecule has 2 heterocycles. The van der Waals surface area contributed by atoms with Gasteiger partial charge in [0.25, 0.3) is 0 Å². The highest BCUT2D eigenvalue weighted by Crippen LogP contribution is 2.12. The van der Waals surface area contributed by atoms with Crippen molar-refractivity contribution < 1.29 is 4.42 Å². The van der Waals surface area contributed by atoms with Gasteiger partial charge in [-0.2, -0.15) is 0 Å². The number of aromatic nitrogens is 1. The molecule has 0 aromatic carbocycles. The molecule has 0 saturated heterocycles. The summed E-state index contributed by atoms with van der Waals surface area (Å²) < 4.78 is 5.03. The SMILES string of the molecule is CN(Cc1ccoc1)Cc1cccnc1N. The second-order valence-electron chi connectivity index (χ2n) is 3.85. The number of nitrogens with two attached hydrogens (primary N) is 1. The van der Waals surface area contributed by atoms with E-state index in [9.17, 15) is 0 Å². The smallest absolute Gasteiger partial charge is 0.127 e. The second-order valence-corrected chi connectivity index (χ2v) is 3.85. The van der Waals surface area contributed by atoms with E-state index >= 15 is 0 Å². The molecule has 0 radical (unpaired) electrons. The van der Waals surface area contributed by atoms with Gasteiger partial charge in [-0.15, -0.1) is 0 Å². The lowest BCUT2D eigenvalue weighted by molar-refractivity contribution is 0.318. The van der Waals surface area contributed by atoms with Gasteiger partial charge in [-0.1, -0.05) is 6.07 Å². The third kappa shape index (κ3) is 2.61. The Morgan fingerprint density at radius 3 is 2.94 bits per heavy atom. The van der Waals surface area contributed by atoms with Crippen molar-refractivity contribution in [3.8, 4) is 0 Å². The number of furan rings is 1. The number of anilines is 1. The molecule has 0 amide bonds. The number of nitrogens with zero attached hydrogens (tertiary/aromatic N) is 2. The van der Waals surface area contributed by atoms with Crippen molar-refractivity contribution >= 4 is 5.82 Å². The molecule has 2 rings (SSSR count). The molecule has 0 aliphatic carbocycles. The third-order valence-electron chi connectivity index (χ3n) is 2.40. The van der Waals surface area contributed by atoms with E-state index in [1.165, 1.54) is 0 Å². The van der Waals surface area contributed by atoms with Gasteiger partial charge in [-0.25, -0.2) is 4.98 Å². The van der Waals surface area contributed by atoms with E-state index in [1.54, 1.807) is 18.7 Å². The van der Waals surface area contributed by atoms with Crippen LogP contribution < -0.4 is 5.73 Å². The van der Waals surface area contributed by atoms with Gasteiger partial charge in [0, 0.05) is 30.4 Å². The second kappa shape index (κ2) is 4.81. The van der Waals surface area contributed by atoms with Gasteiger partial charge >= 0.3 is 0 Å². The van der Waals surface area contributed by atoms with E-state index in [1.807, 2.05) is 25.2 Å². The maximum atomic E-state index is 5.79. The molecule has 2 aromatic rings. The monoisotopic (exact) mass is 217 g/mol. The molecule has 0 saturated carbocycles. The summed E-state index contributed by atoms with van der Waals surface area (Å²) in [6.07, 6.45) is 5.14. The highest BCUT2D eigenvalue weighted by atomic mass is 16.3. The van der Waals surface area contributed by atoms with E-state index in [0.717, 1.165) is 24.2 Å². The largest absolute Gasteiger partial charge is 0.472 e. The Morgan fingerprint density at radius 2 is 2.25 bits per heavy atom. The molecule has 0 unspecified atom stereocenters. The van der Waals surface area contributed by atoms with Crippen LogP contribution in [0.4, 0.5) is 5.82 Å². The van der Waals surface area contributed by atoms with Crippen LogP contribution in [0.25, 0.3) is 0 Å². The molecule has 0 bridgehead atoms. The first-order chi connectivity index (χ1) is 7.75. The van der Waals surface area contributed by atoms with Gasteiger partial charge in [-0.3, -0.25) is 4.90 Å². The Labute approximate surface area is 94.7 Å². The number of pyridine rings is 1. The van der Waals surface area contributed by atoms with Crippen LogP contribution in [-0.4, -0.2) is 16.9 Å². The Balaban J connectivity index is 1.97. The quantitative estimate of drug-likeness (QED) is 0.849. The first kappa shape index (κ1) is 10.7. The van der Waals surface area contributed by atoms with E-state index in [4.69, 9.17) is 10.2 Å². The van der Waals surface area contributed by atoms with Gasteiger partial charge in [0.15, 0.2) is 0 Å². The predicted octanol–water partition coefficient (Wildman–Crippen LogP) is 1.89. The van der Waals surface area contributed by atoms with Crippen molar-refractivity contribution in [3.63, 3.8) is 0 Å². The van der Waals surface area contributed by atoms with Crippen molar-refractivity contribution in [3.05, 3.63) is 48.0 Å². The molecule has 0 aliphatic heterocycles. The molecule has 2 N–H and O–H groups in total. The van der Waals surface area contributed by atoms with Crippen LogP contribution in [0.15, 0.2) is 41.3 Å². The highest BCUT2D eigenvalue weighted by Gasteiger charge is 2.05. The number of hydrogen-bond acceptors (Lipinski definition) is 4. The maximum absolute atomic E-state index is 5.79. The van der Waals surface area contributed by atoms with Gasteiger partial charge in [0.2, 0.25) is 0 Å². The van der Waals surface area contributed by atoms with Crippen molar-refractivity contribution in [1.29, 1.82) is 0 Å². The van der Waals surface area contributed by atoms with Crippen LogP contribution in [0.2, 0.25) is 0 Å². The van der Waals surface area contributed by atoms with Crippen molar-refractivity contribution in [2.24, 2.45) is 0 Å². The summed E-state index contributed by atoms with van der Waals surface area (Å²) in [6, 6.07) is 5.86. The first-order valence-electron chi connectivity index (χ1n) is 5.14. The molecular weight excluding hydrogens is 202 g/mol. The highest BCUT2D eigenvalue weighted by molar-refractivity contribution is 5.38. The zero-order valence-corrected chi connectivity index (χ0v) is 9.26. The van der Waals surface area contributed by atoms with Crippen LogP contribution in [0.1, 0.15) is 11.1 Å². The van der Waals surface area contributed by atoms with Gasteiger partial charge in [0.1, 0.15) is 5.82 Å². The van der Waals surface area contributed by atoms with Crippen LogP contribution >= 0.6 is 0 Å². The number of rotatable bonds is 4. The van der Waals surface area contributed by atoms with Gasteiger partial charge < -0.3 is 10.2 Å². The van der Waals surface area contributed by atoms with Crippen LogP contribution in [-0.2, 0) is 13.1 Å². The average molecular weight is 217 g/mol. The molecule has 0 atom stereocenters. The molecule has 4 nitrogen and oxygen atoms in total. The summed E-state index contributed by atoms with van der Waals surface area (Å²) in [5.41, 5.74) is 7.99. The lowest BCUT2D eigenvalue weighted by Gasteiger charge is -2.16. The fraction of sp³-hybridized carbons (Fsp3) is 0.250. The molecule has 84 valence electrons. The summed E-state index contributed by atoms with van der Waals surface area (Å²) in [4.78, 5) is 6.23. The Hall–Kier alpha value is -1.81. The fourth-order valence-electron chi connectivity index (χ4n) is 1.63. The molecular formula is C12H15N3O. The van der Waals surface area contributed by atoms with E-state index in [-0.39, 0.29) is 0 Å². The van der Waals surface area contributed by atoms with Crippen molar-refractivity contribution in [1.82, 2.24) is 9.88 Å². The number of hydrogen-bond donors (Lipinski definition) is 1. The maximum Gasteiger partial charge on any atom is 0.127 e. The summed E-state index contributed by atoms with van der Waals surface area (Å²) in [5.74, 6) is 0.599. The zero-order chi connectivity index (χ0) is 11.4. The molecule has 0 spiro atoms. The lowest BCUT2D eigenvalue weighted by atomic mass is 10.2. The van der Waals surface area contributed by atoms with E-state index in [2.05, 4.69) is 9.88 Å². The van der Waals surface area contributed by atoms with Crippen LogP contribution in [0.5, 0.6) is 0 Å². The number of nitrogen functional groups attached to an aromatic ring is 1. The fourth-order valence-corrected chi connectivity index (χ4v) is 1.63. The molecule has 0 fully saturated rings. The topological polar surface area (TPSA) is 55.3 Å². The molecule has 16 heavy (non-hydrogen) atoms. The summed E-state index contributed by atoms with van der Waals surface area (Å²) in [7, 11) is 2.04. The van der Waals surface area contributed by atoms with Crippen molar-refractivity contribution in [2.45, 2.75) is 13.1 Å². The zero-order valence-electron chi connectivity index (χ0n) is 9.26. The summed E-state index contributed by atoms with van der Waals surface area (Å²) >= 11 is 0. The minimum absolute atomic E-state index is 0.599. The molecule has 0 aliphatic rings. The lowest BCUT2D eigenvalue weighted by Crippen LogP contribution is -2.18. The van der Waals surface area contributed by atoms with E-state index in [0.29, 0.717) is 5.82 Å². The molecule has 2 aromatic heterocycles. The van der Waals surface area contributed by atoms with E-state index < -0.39 is 0 Å². The third-order valence-corrected chi connectivity index (χ3v) is 2.40. The minimum atomic E-state index is 0.599. The predicted molar refractivity (Wildman–Crippen MR) is 62.5 cm³/mol. The standard InChI is InChI=1S/C12H15N3O/c1-15(7-10-4-6-16-9-10)8-11-3-2-5-14-12(11)13/h2-6,9H,7-8H2,1H3,(H2,13,14). The summed E-state index contributed by atoms with van der Waals surface area (Å²) in [6.45, 7) is 1.62. The van der Waals surface area contributed by atoms with Crippen LogP contribution in [0.3, 0.4) is 0 Å². The molecule has 4 heteroatoms. The Kier molecular flexibility index (Phi) is 3.22. The van der Waals surface area contributed by atoms with Gasteiger partial charge in [-0.05, 0) is 19.2 Å². The van der Waals surface area contributed by atoms with Crippen molar-refractivity contribution in [2.75, 3.05) is 12.8 Å².